The maximum absolute atomic E-state index is 13.1. The van der Waals surface area contributed by atoms with Gasteiger partial charge in [0.2, 0.25) is 0 Å². The highest BCUT2D eigenvalue weighted by Gasteiger charge is 2.50. The van der Waals surface area contributed by atoms with Crippen molar-refractivity contribution in [2.75, 3.05) is 13.1 Å². The molecule has 0 radical (unpaired) electrons. The lowest BCUT2D eigenvalue weighted by Gasteiger charge is -2.17. The van der Waals surface area contributed by atoms with Crippen LogP contribution in [0.25, 0.3) is 11.1 Å². The zero-order valence-electron chi connectivity index (χ0n) is 14.5. The lowest BCUT2D eigenvalue weighted by atomic mass is 9.95. The third-order valence-electron chi connectivity index (χ3n) is 5.63. The number of sulfone groups is 1. The molecule has 1 fully saturated rings. The highest BCUT2D eigenvalue weighted by atomic mass is 32.2. The van der Waals surface area contributed by atoms with Crippen LogP contribution in [0.3, 0.4) is 0 Å². The van der Waals surface area contributed by atoms with E-state index in [1.54, 1.807) is 30.7 Å². The third-order valence-corrected chi connectivity index (χ3v) is 7.89. The van der Waals surface area contributed by atoms with E-state index in [2.05, 4.69) is 4.90 Å². The van der Waals surface area contributed by atoms with E-state index in [1.165, 1.54) is 12.1 Å². The van der Waals surface area contributed by atoms with E-state index in [9.17, 15) is 12.8 Å². The largest absolute Gasteiger partial charge is 0.472 e. The van der Waals surface area contributed by atoms with Crippen LogP contribution in [0.1, 0.15) is 17.0 Å². The fraction of sp³-hybridized carbons (Fsp3) is 0.238. The quantitative estimate of drug-likeness (QED) is 0.690. The van der Waals surface area contributed by atoms with E-state index in [1.807, 2.05) is 18.2 Å². The van der Waals surface area contributed by atoms with Gasteiger partial charge in [-0.25, -0.2) is 12.8 Å². The van der Waals surface area contributed by atoms with E-state index in [0.717, 1.165) is 22.3 Å². The number of likely N-dealkylation sites (tertiary alicyclic amines) is 1. The molecular formula is C21H18FNO3S. The number of benzene rings is 2. The Morgan fingerprint density at radius 1 is 1.04 bits per heavy atom. The molecule has 27 heavy (non-hydrogen) atoms. The van der Waals surface area contributed by atoms with Crippen LogP contribution in [-0.2, 0) is 16.4 Å². The minimum absolute atomic E-state index is 0.0303. The Kier molecular flexibility index (Phi) is 3.74. The molecule has 2 aromatic carbocycles. The molecule has 1 saturated heterocycles. The third kappa shape index (κ3) is 2.71. The standard InChI is InChI=1S/C21H18FNO3S/c22-17-4-1-14(2-5-17)10-23-11-19-18-9-15(16-7-8-26-13-16)3-6-20(18)27(24,25)21(19)12-23/h1-9,13,19,21H,10-12H2/t19-,21+/m1/s1. The number of nitrogens with zero attached hydrogens (tertiary/aromatic N) is 1. The highest BCUT2D eigenvalue weighted by Crippen LogP contribution is 2.46. The summed E-state index contributed by atoms with van der Waals surface area (Å²) >= 11 is 0. The lowest BCUT2D eigenvalue weighted by Crippen LogP contribution is -2.25. The Bertz CT molecular complexity index is 1090. The molecule has 4 nitrogen and oxygen atoms in total. The van der Waals surface area contributed by atoms with Crippen molar-refractivity contribution < 1.29 is 17.2 Å². The van der Waals surface area contributed by atoms with Crippen molar-refractivity contribution in [3.05, 3.63) is 78.0 Å². The lowest BCUT2D eigenvalue weighted by molar-refractivity contribution is 0.325. The molecule has 6 heteroatoms. The van der Waals surface area contributed by atoms with Crippen molar-refractivity contribution in [2.45, 2.75) is 22.6 Å². The molecule has 138 valence electrons. The van der Waals surface area contributed by atoms with Crippen LogP contribution >= 0.6 is 0 Å². The molecule has 0 bridgehead atoms. The van der Waals surface area contributed by atoms with Crippen LogP contribution in [0.4, 0.5) is 4.39 Å². The summed E-state index contributed by atoms with van der Waals surface area (Å²) in [4.78, 5) is 2.61. The summed E-state index contributed by atoms with van der Waals surface area (Å²) in [7, 11) is -3.33. The Hall–Kier alpha value is -2.44. The summed E-state index contributed by atoms with van der Waals surface area (Å²) in [6, 6.07) is 13.8. The van der Waals surface area contributed by atoms with E-state index in [0.29, 0.717) is 24.5 Å². The van der Waals surface area contributed by atoms with Crippen LogP contribution in [0, 0.1) is 5.82 Å². The van der Waals surface area contributed by atoms with Crippen molar-refractivity contribution in [2.24, 2.45) is 0 Å². The van der Waals surface area contributed by atoms with Gasteiger partial charge in [0.25, 0.3) is 0 Å². The molecule has 3 aromatic rings. The fourth-order valence-electron chi connectivity index (χ4n) is 4.31. The fourth-order valence-corrected chi connectivity index (χ4v) is 6.51. The summed E-state index contributed by atoms with van der Waals surface area (Å²) in [5.41, 5.74) is 3.80. The van der Waals surface area contributed by atoms with Crippen LogP contribution in [0.15, 0.2) is 70.4 Å². The number of furan rings is 1. The number of hydrogen-bond acceptors (Lipinski definition) is 4. The van der Waals surface area contributed by atoms with Crippen LogP contribution in [0.5, 0.6) is 0 Å². The van der Waals surface area contributed by atoms with Gasteiger partial charge in [-0.05, 0) is 47.0 Å². The van der Waals surface area contributed by atoms with Gasteiger partial charge in [0, 0.05) is 31.1 Å². The predicted octanol–water partition coefficient (Wildman–Crippen LogP) is 3.84. The predicted molar refractivity (Wildman–Crippen MR) is 99.5 cm³/mol. The average Bonchev–Trinajstić information content (AvgIpc) is 3.36. The molecule has 1 aromatic heterocycles. The second-order valence-electron chi connectivity index (χ2n) is 7.28. The molecule has 2 aliphatic rings. The molecule has 0 spiro atoms. The zero-order valence-corrected chi connectivity index (χ0v) is 15.3. The summed E-state index contributed by atoms with van der Waals surface area (Å²) in [5, 5.41) is -0.410. The number of hydrogen-bond donors (Lipinski definition) is 0. The van der Waals surface area contributed by atoms with Gasteiger partial charge in [-0.1, -0.05) is 18.2 Å². The van der Waals surface area contributed by atoms with Crippen LogP contribution in [0.2, 0.25) is 0 Å². The first-order valence-corrected chi connectivity index (χ1v) is 10.4. The van der Waals surface area contributed by atoms with Gasteiger partial charge in [-0.3, -0.25) is 4.90 Å². The summed E-state index contributed by atoms with van der Waals surface area (Å²) in [6.07, 6.45) is 3.28. The van der Waals surface area contributed by atoms with Crippen molar-refractivity contribution in [3.63, 3.8) is 0 Å². The topological polar surface area (TPSA) is 50.5 Å². The molecule has 0 aliphatic carbocycles. The Balaban J connectivity index is 1.46. The van der Waals surface area contributed by atoms with Gasteiger partial charge >= 0.3 is 0 Å². The molecule has 0 saturated carbocycles. The second-order valence-corrected chi connectivity index (χ2v) is 9.41. The van der Waals surface area contributed by atoms with Gasteiger partial charge in [-0.15, -0.1) is 0 Å². The first kappa shape index (κ1) is 16.7. The van der Waals surface area contributed by atoms with Gasteiger partial charge < -0.3 is 4.42 Å². The molecule has 3 heterocycles. The van der Waals surface area contributed by atoms with Crippen molar-refractivity contribution in [1.82, 2.24) is 4.90 Å². The second kappa shape index (κ2) is 6.04. The molecule has 0 unspecified atom stereocenters. The van der Waals surface area contributed by atoms with Crippen LogP contribution < -0.4 is 0 Å². The smallest absolute Gasteiger partial charge is 0.183 e. The first-order chi connectivity index (χ1) is 13.0. The molecule has 0 N–H and O–H groups in total. The maximum atomic E-state index is 13.1. The minimum atomic E-state index is -3.33. The zero-order chi connectivity index (χ0) is 18.6. The SMILES string of the molecule is O=S1(=O)c2ccc(-c3ccoc3)cc2[C@H]2CN(Cc3ccc(F)cc3)C[C@@H]21. The van der Waals surface area contributed by atoms with Gasteiger partial charge in [0.1, 0.15) is 5.82 Å². The van der Waals surface area contributed by atoms with Crippen molar-refractivity contribution in [3.8, 4) is 11.1 Å². The molecule has 2 atom stereocenters. The normalized spacial score (nSPS) is 23.3. The summed E-state index contributed by atoms with van der Waals surface area (Å²) in [5.74, 6) is -0.294. The highest BCUT2D eigenvalue weighted by molar-refractivity contribution is 7.92. The van der Waals surface area contributed by atoms with E-state index >= 15 is 0 Å². The molecular weight excluding hydrogens is 365 g/mol. The van der Waals surface area contributed by atoms with Gasteiger partial charge in [-0.2, -0.15) is 0 Å². The average molecular weight is 383 g/mol. The maximum Gasteiger partial charge on any atom is 0.183 e. The number of halogens is 1. The van der Waals surface area contributed by atoms with Gasteiger partial charge in [0.15, 0.2) is 9.84 Å². The monoisotopic (exact) mass is 383 g/mol. The minimum Gasteiger partial charge on any atom is -0.472 e. The van der Waals surface area contributed by atoms with E-state index < -0.39 is 15.1 Å². The Morgan fingerprint density at radius 3 is 2.59 bits per heavy atom. The van der Waals surface area contributed by atoms with E-state index in [4.69, 9.17) is 4.42 Å². The number of rotatable bonds is 3. The number of fused-ring (bicyclic) bond motifs is 3. The van der Waals surface area contributed by atoms with Crippen LogP contribution in [-0.4, -0.2) is 31.7 Å². The van der Waals surface area contributed by atoms with E-state index in [-0.39, 0.29) is 11.7 Å². The molecule has 2 aliphatic heterocycles. The van der Waals surface area contributed by atoms with Gasteiger partial charge in [0.05, 0.1) is 22.7 Å². The van der Waals surface area contributed by atoms with Crippen molar-refractivity contribution >= 4 is 9.84 Å². The molecule has 5 rings (SSSR count). The van der Waals surface area contributed by atoms with Crippen molar-refractivity contribution in [1.29, 1.82) is 0 Å². The summed E-state index contributed by atoms with van der Waals surface area (Å²) in [6.45, 7) is 1.81. The first-order valence-electron chi connectivity index (χ1n) is 8.89. The Labute approximate surface area is 157 Å². The Morgan fingerprint density at radius 2 is 1.85 bits per heavy atom. The summed E-state index contributed by atoms with van der Waals surface area (Å²) < 4.78 is 44.3. The molecule has 0 amide bonds.